The average molecular weight is 395 g/mol. The summed E-state index contributed by atoms with van der Waals surface area (Å²) in [7, 11) is 0. The van der Waals surface area contributed by atoms with E-state index < -0.39 is 11.6 Å². The van der Waals surface area contributed by atoms with Crippen molar-refractivity contribution in [3.8, 4) is 0 Å². The van der Waals surface area contributed by atoms with Gasteiger partial charge in [0.25, 0.3) is 0 Å². The van der Waals surface area contributed by atoms with E-state index in [2.05, 4.69) is 52.9 Å². The molecular weight excluding hydrogens is 368 g/mol. The second-order valence-electron chi connectivity index (χ2n) is 7.84. The van der Waals surface area contributed by atoms with Crippen LogP contribution in [-0.4, -0.2) is 27.8 Å². The molecule has 0 radical (unpaired) electrons. The molecule has 5 heteroatoms. The Morgan fingerprint density at radius 2 is 1.69 bits per heavy atom. The lowest BCUT2D eigenvalue weighted by atomic mass is 9.92. The van der Waals surface area contributed by atoms with Gasteiger partial charge in [-0.25, -0.2) is 8.78 Å². The highest BCUT2D eigenvalue weighted by Gasteiger charge is 2.24. The number of benzene rings is 2. The molecule has 1 fully saturated rings. The normalized spacial score (nSPS) is 15.7. The Balaban J connectivity index is 1.41. The number of nitrogens with zero attached hydrogens (tertiary/aromatic N) is 3. The van der Waals surface area contributed by atoms with Crippen molar-refractivity contribution in [1.29, 1.82) is 0 Å². The van der Waals surface area contributed by atoms with Crippen LogP contribution in [0.5, 0.6) is 0 Å². The molecule has 1 aromatic heterocycles. The molecule has 0 aliphatic carbocycles. The minimum absolute atomic E-state index is 0.494. The van der Waals surface area contributed by atoms with E-state index in [9.17, 15) is 8.78 Å². The number of aromatic nitrogens is 2. The molecular formula is C24H27F2N3. The third kappa shape index (κ3) is 4.73. The van der Waals surface area contributed by atoms with Crippen molar-refractivity contribution < 1.29 is 8.78 Å². The molecule has 0 bridgehead atoms. The van der Waals surface area contributed by atoms with Crippen LogP contribution < -0.4 is 0 Å². The minimum Gasteiger partial charge on any atom is -0.299 e. The lowest BCUT2D eigenvalue weighted by Crippen LogP contribution is -2.33. The summed E-state index contributed by atoms with van der Waals surface area (Å²) in [4.78, 5) is 2.51. The fraction of sp³-hybridized carbons (Fsp3) is 0.375. The van der Waals surface area contributed by atoms with Gasteiger partial charge in [-0.15, -0.1) is 0 Å². The number of hydrogen-bond donors (Lipinski definition) is 0. The molecule has 1 aliphatic heterocycles. The predicted octanol–water partition coefficient (Wildman–Crippen LogP) is 5.15. The molecule has 0 atom stereocenters. The van der Waals surface area contributed by atoms with Gasteiger partial charge in [-0.2, -0.15) is 5.10 Å². The Hall–Kier alpha value is -2.53. The fourth-order valence-corrected chi connectivity index (χ4v) is 4.24. The van der Waals surface area contributed by atoms with Crippen molar-refractivity contribution >= 4 is 0 Å². The largest absolute Gasteiger partial charge is 0.299 e. The predicted molar refractivity (Wildman–Crippen MR) is 111 cm³/mol. The van der Waals surface area contributed by atoms with Gasteiger partial charge in [0.1, 0.15) is 0 Å². The molecule has 2 aromatic carbocycles. The van der Waals surface area contributed by atoms with Crippen LogP contribution in [0.2, 0.25) is 0 Å². The monoisotopic (exact) mass is 395 g/mol. The van der Waals surface area contributed by atoms with Gasteiger partial charge >= 0.3 is 0 Å². The second-order valence-corrected chi connectivity index (χ2v) is 7.84. The van der Waals surface area contributed by atoms with Gasteiger partial charge in [0, 0.05) is 31.1 Å². The van der Waals surface area contributed by atoms with E-state index in [1.54, 1.807) is 6.07 Å². The van der Waals surface area contributed by atoms with E-state index in [0.29, 0.717) is 12.3 Å². The van der Waals surface area contributed by atoms with Gasteiger partial charge in [0.2, 0.25) is 0 Å². The van der Waals surface area contributed by atoms with Gasteiger partial charge in [0.15, 0.2) is 11.6 Å². The first-order chi connectivity index (χ1) is 14.1. The highest BCUT2D eigenvalue weighted by molar-refractivity contribution is 5.25. The van der Waals surface area contributed by atoms with Gasteiger partial charge < -0.3 is 0 Å². The summed E-state index contributed by atoms with van der Waals surface area (Å²) in [6.45, 7) is 6.07. The number of piperidine rings is 1. The summed E-state index contributed by atoms with van der Waals surface area (Å²) < 4.78 is 28.8. The first kappa shape index (κ1) is 19.8. The number of halogens is 2. The van der Waals surface area contributed by atoms with E-state index in [0.717, 1.165) is 50.3 Å². The summed E-state index contributed by atoms with van der Waals surface area (Å²) in [6.07, 6.45) is 2.75. The zero-order valence-corrected chi connectivity index (χ0v) is 16.8. The maximum atomic E-state index is 13.5. The fourth-order valence-electron chi connectivity index (χ4n) is 4.24. The summed E-state index contributed by atoms with van der Waals surface area (Å²) in [5.74, 6) is -1.12. The third-order valence-corrected chi connectivity index (χ3v) is 5.79. The van der Waals surface area contributed by atoms with Crippen molar-refractivity contribution in [2.24, 2.45) is 0 Å². The molecule has 29 heavy (non-hydrogen) atoms. The highest BCUT2D eigenvalue weighted by Crippen LogP contribution is 2.30. The smallest absolute Gasteiger partial charge is 0.159 e. The standard InChI is InChI=1S/C24H27F2N3/c1-2-29-24(16-21(27-29)14-19-8-9-22(25)23(26)15-19)20-10-12-28(13-11-20)17-18-6-4-3-5-7-18/h3-9,15-16,20H,2,10-14,17H2,1H3. The lowest BCUT2D eigenvalue weighted by molar-refractivity contribution is 0.201. The molecule has 4 rings (SSSR count). The molecule has 3 nitrogen and oxygen atoms in total. The molecule has 0 saturated carbocycles. The molecule has 2 heterocycles. The zero-order valence-electron chi connectivity index (χ0n) is 16.8. The maximum absolute atomic E-state index is 13.5. The molecule has 1 saturated heterocycles. The average Bonchev–Trinajstić information content (AvgIpc) is 3.15. The van der Waals surface area contributed by atoms with Crippen molar-refractivity contribution in [2.75, 3.05) is 13.1 Å². The van der Waals surface area contributed by atoms with Crippen molar-refractivity contribution in [3.63, 3.8) is 0 Å². The van der Waals surface area contributed by atoms with Crippen LogP contribution in [0.25, 0.3) is 0 Å². The van der Waals surface area contributed by atoms with Crippen LogP contribution in [0.3, 0.4) is 0 Å². The molecule has 0 amide bonds. The second kappa shape index (κ2) is 8.87. The topological polar surface area (TPSA) is 21.1 Å². The van der Waals surface area contributed by atoms with Crippen LogP contribution in [0, 0.1) is 11.6 Å². The number of aryl methyl sites for hydroxylation is 1. The number of hydrogen-bond acceptors (Lipinski definition) is 2. The van der Waals surface area contributed by atoms with Gasteiger partial charge in [0.05, 0.1) is 5.69 Å². The van der Waals surface area contributed by atoms with Crippen LogP contribution in [0.15, 0.2) is 54.6 Å². The summed E-state index contributed by atoms with van der Waals surface area (Å²) in [6, 6.07) is 16.8. The van der Waals surface area contributed by atoms with E-state index in [4.69, 9.17) is 5.10 Å². The van der Waals surface area contributed by atoms with Crippen molar-refractivity contribution in [1.82, 2.24) is 14.7 Å². The first-order valence-corrected chi connectivity index (χ1v) is 10.4. The van der Waals surface area contributed by atoms with Crippen LogP contribution in [0.1, 0.15) is 48.2 Å². The third-order valence-electron chi connectivity index (χ3n) is 5.79. The van der Waals surface area contributed by atoms with E-state index in [-0.39, 0.29) is 0 Å². The van der Waals surface area contributed by atoms with E-state index in [1.807, 2.05) is 0 Å². The molecule has 152 valence electrons. The van der Waals surface area contributed by atoms with Crippen LogP contribution in [-0.2, 0) is 19.5 Å². The summed E-state index contributed by atoms with van der Waals surface area (Å²) in [5.41, 5.74) is 4.29. The number of rotatable bonds is 6. The summed E-state index contributed by atoms with van der Waals surface area (Å²) in [5, 5.41) is 4.72. The Bertz CT molecular complexity index is 944. The van der Waals surface area contributed by atoms with Gasteiger partial charge in [-0.05, 0) is 62.2 Å². The Morgan fingerprint density at radius 1 is 0.931 bits per heavy atom. The van der Waals surface area contributed by atoms with Crippen molar-refractivity contribution in [3.05, 3.63) is 88.7 Å². The highest BCUT2D eigenvalue weighted by atomic mass is 19.2. The van der Waals surface area contributed by atoms with Crippen LogP contribution in [0.4, 0.5) is 8.78 Å². The molecule has 0 N–H and O–H groups in total. The molecule has 1 aliphatic rings. The van der Waals surface area contributed by atoms with E-state index >= 15 is 0 Å². The number of likely N-dealkylation sites (tertiary alicyclic amines) is 1. The molecule has 0 unspecified atom stereocenters. The zero-order chi connectivity index (χ0) is 20.2. The Morgan fingerprint density at radius 3 is 2.38 bits per heavy atom. The summed E-state index contributed by atoms with van der Waals surface area (Å²) >= 11 is 0. The first-order valence-electron chi connectivity index (χ1n) is 10.4. The minimum atomic E-state index is -0.809. The van der Waals surface area contributed by atoms with Gasteiger partial charge in [-0.1, -0.05) is 36.4 Å². The molecule has 3 aromatic rings. The van der Waals surface area contributed by atoms with Gasteiger partial charge in [-0.3, -0.25) is 9.58 Å². The van der Waals surface area contributed by atoms with Crippen molar-refractivity contribution in [2.45, 2.75) is 45.2 Å². The van der Waals surface area contributed by atoms with E-state index in [1.165, 1.54) is 23.4 Å². The Kier molecular flexibility index (Phi) is 6.05. The quantitative estimate of drug-likeness (QED) is 0.575. The SMILES string of the molecule is CCn1nc(Cc2ccc(F)c(F)c2)cc1C1CCN(Cc2ccccc2)CC1. The molecule has 0 spiro atoms. The lowest BCUT2D eigenvalue weighted by Gasteiger charge is -2.32. The maximum Gasteiger partial charge on any atom is 0.159 e. The van der Waals surface area contributed by atoms with Crippen LogP contribution >= 0.6 is 0 Å². The Labute approximate surface area is 171 Å².